The van der Waals surface area contributed by atoms with Gasteiger partial charge in [0.15, 0.2) is 5.58 Å². The van der Waals surface area contributed by atoms with Crippen LogP contribution in [0.25, 0.3) is 11.0 Å². The van der Waals surface area contributed by atoms with Crippen LogP contribution in [0.1, 0.15) is 59.9 Å². The van der Waals surface area contributed by atoms with Gasteiger partial charge in [0.2, 0.25) is 13.6 Å². The molecule has 0 bridgehead atoms. The van der Waals surface area contributed by atoms with Crippen molar-refractivity contribution < 1.29 is 60.2 Å². The summed E-state index contributed by atoms with van der Waals surface area (Å²) in [5.41, 5.74) is -1.15. The summed E-state index contributed by atoms with van der Waals surface area (Å²) >= 11 is 0. The minimum Gasteiger partial charge on any atom is -0.438 e. The highest BCUT2D eigenvalue weighted by molar-refractivity contribution is 7.61. The number of esters is 2. The van der Waals surface area contributed by atoms with E-state index in [1.807, 2.05) is 0 Å². The first-order chi connectivity index (χ1) is 22.9. The number of hydrogen-bond donors (Lipinski definition) is 1. The van der Waals surface area contributed by atoms with E-state index in [4.69, 9.17) is 36.6 Å². The van der Waals surface area contributed by atoms with Crippen molar-refractivity contribution in [3.8, 4) is 0 Å². The van der Waals surface area contributed by atoms with E-state index in [9.17, 15) is 33.2 Å². The average molecular weight is 732 g/mol. The normalized spacial score (nSPS) is 19.0. The first kappa shape index (κ1) is 38.3. The van der Waals surface area contributed by atoms with E-state index < -0.39 is 88.6 Å². The molecule has 3 aromatic rings. The second kappa shape index (κ2) is 15.6. The Balaban J connectivity index is 1.44. The van der Waals surface area contributed by atoms with Crippen LogP contribution >= 0.6 is 15.6 Å². The molecule has 18 nitrogen and oxygen atoms in total. The minimum atomic E-state index is -5.26. The predicted octanol–water partition coefficient (Wildman–Crippen LogP) is 4.10. The molecule has 1 saturated heterocycles. The molecular weight excluding hydrogens is 692 g/mol. The molecule has 2 aromatic heterocycles. The molecule has 4 rings (SSSR count). The summed E-state index contributed by atoms with van der Waals surface area (Å²) in [5, 5.41) is 4.64. The summed E-state index contributed by atoms with van der Waals surface area (Å²) in [6.07, 6.45) is -0.334. The fourth-order valence-electron chi connectivity index (χ4n) is 4.56. The summed E-state index contributed by atoms with van der Waals surface area (Å²) in [5.74, 6) is -2.62. The summed E-state index contributed by atoms with van der Waals surface area (Å²) in [4.78, 5) is 60.2. The quantitative estimate of drug-likeness (QED) is 0.124. The first-order valence-electron chi connectivity index (χ1n) is 15.1. The van der Waals surface area contributed by atoms with E-state index in [-0.39, 0.29) is 13.0 Å². The van der Waals surface area contributed by atoms with Crippen LogP contribution in [-0.2, 0) is 57.4 Å². The van der Waals surface area contributed by atoms with Gasteiger partial charge < -0.3 is 23.6 Å². The van der Waals surface area contributed by atoms with Crippen molar-refractivity contribution in [3.05, 3.63) is 63.1 Å². The van der Waals surface area contributed by atoms with Gasteiger partial charge in [0, 0.05) is 24.1 Å². The third-order valence-corrected chi connectivity index (χ3v) is 10.4. The smallest absolute Gasteiger partial charge is 0.438 e. The van der Waals surface area contributed by atoms with Gasteiger partial charge in [-0.2, -0.15) is 4.31 Å². The highest BCUT2D eigenvalue weighted by Gasteiger charge is 2.46. The lowest BCUT2D eigenvalue weighted by Crippen LogP contribution is -2.40. The van der Waals surface area contributed by atoms with Gasteiger partial charge in [0.05, 0.1) is 31.1 Å². The molecule has 3 heterocycles. The van der Waals surface area contributed by atoms with Crippen LogP contribution in [-0.4, -0.2) is 57.4 Å². The predicted molar refractivity (Wildman–Crippen MR) is 169 cm³/mol. The van der Waals surface area contributed by atoms with Gasteiger partial charge in [-0.15, -0.1) is 0 Å². The Hall–Kier alpha value is -3.47. The van der Waals surface area contributed by atoms with E-state index >= 15 is 0 Å². The number of carbonyl (C=O) groups is 2. The number of phosphoric ester groups is 2. The maximum Gasteiger partial charge on any atom is 0.489 e. The molecule has 0 aliphatic carbocycles. The summed E-state index contributed by atoms with van der Waals surface area (Å²) in [7, 11) is -10.3. The minimum absolute atomic E-state index is 0.166. The van der Waals surface area contributed by atoms with E-state index in [1.165, 1.54) is 44.5 Å². The van der Waals surface area contributed by atoms with Gasteiger partial charge in [0.25, 0.3) is 5.56 Å². The van der Waals surface area contributed by atoms with Crippen LogP contribution in [0.5, 0.6) is 0 Å². The molecule has 3 atom stereocenters. The van der Waals surface area contributed by atoms with Crippen molar-refractivity contribution in [1.29, 1.82) is 0 Å². The van der Waals surface area contributed by atoms with Crippen molar-refractivity contribution in [2.24, 2.45) is 17.3 Å². The largest absolute Gasteiger partial charge is 0.489 e. The number of para-hydroxylation sites is 1. The fraction of sp³-hybridized carbons (Fsp3) is 0.552. The highest BCUT2D eigenvalue weighted by Crippen LogP contribution is 2.63. The van der Waals surface area contributed by atoms with Gasteiger partial charge >= 0.3 is 33.3 Å². The van der Waals surface area contributed by atoms with E-state index in [0.29, 0.717) is 16.7 Å². The molecule has 1 unspecified atom stereocenters. The van der Waals surface area contributed by atoms with Crippen LogP contribution in [0.4, 0.5) is 0 Å². The molecule has 0 radical (unpaired) electrons. The lowest BCUT2D eigenvalue weighted by atomic mass is 9.85. The third kappa shape index (κ3) is 9.83. The SMILES string of the molecule is CC(C)C(=O)OCOP(=O)(OCOC(=O)C(C)C)OP(=O)(O)OC[C@H]1O[C@@H](n2ccc(=O)n(Cc3noc4ccccc34)c2=O)CC1(C)C. The molecule has 1 aliphatic heterocycles. The zero-order valence-electron chi connectivity index (χ0n) is 27.7. The molecule has 49 heavy (non-hydrogen) atoms. The van der Waals surface area contributed by atoms with Crippen molar-refractivity contribution in [1.82, 2.24) is 14.3 Å². The van der Waals surface area contributed by atoms with Gasteiger partial charge in [-0.25, -0.2) is 23.0 Å². The van der Waals surface area contributed by atoms with Gasteiger partial charge in [0.1, 0.15) is 11.9 Å². The maximum absolute atomic E-state index is 13.5. The number of nitrogens with zero attached hydrogens (tertiary/aromatic N) is 3. The molecule has 1 N–H and O–H groups in total. The summed E-state index contributed by atoms with van der Waals surface area (Å²) < 4.78 is 68.8. The zero-order chi connectivity index (χ0) is 36.1. The molecule has 0 saturated carbocycles. The Kier molecular flexibility index (Phi) is 12.2. The lowest BCUT2D eigenvalue weighted by molar-refractivity contribution is -0.157. The Morgan fingerprint density at radius 2 is 1.61 bits per heavy atom. The van der Waals surface area contributed by atoms with Crippen LogP contribution in [0.15, 0.2) is 50.6 Å². The second-order valence-electron chi connectivity index (χ2n) is 12.4. The molecule has 270 valence electrons. The van der Waals surface area contributed by atoms with Gasteiger partial charge in [-0.05, 0) is 17.5 Å². The van der Waals surface area contributed by atoms with Gasteiger partial charge in [-0.1, -0.05) is 58.8 Å². The molecular formula is C29H39N3O15P2. The monoisotopic (exact) mass is 731 g/mol. The topological polar surface area (TPSA) is 223 Å². The average Bonchev–Trinajstić information content (AvgIpc) is 3.56. The standard InChI is InChI=1S/C29H39N3O15P2/c1-18(2)26(34)40-16-43-49(39,44-17-41-27(35)19(3)4)47-48(37,38)42-15-23-29(5,6)13-25(45-23)31-12-11-24(33)32(28(31)36)14-21-20-9-7-8-10-22(20)46-30-21/h7-12,18-19,23,25H,13-17H2,1-6H3,(H,37,38)/t23-,25-/m1/s1. The number of phosphoric acid groups is 2. The van der Waals surface area contributed by atoms with Crippen molar-refractivity contribution in [2.75, 3.05) is 20.2 Å². The zero-order valence-corrected chi connectivity index (χ0v) is 29.5. The van der Waals surface area contributed by atoms with Crippen molar-refractivity contribution in [3.63, 3.8) is 0 Å². The van der Waals surface area contributed by atoms with Crippen molar-refractivity contribution >= 4 is 38.6 Å². The van der Waals surface area contributed by atoms with Gasteiger partial charge in [-0.3, -0.25) is 28.0 Å². The number of fused-ring (bicyclic) bond motifs is 1. The molecule has 1 aliphatic rings. The molecule has 0 amide bonds. The van der Waals surface area contributed by atoms with E-state index in [2.05, 4.69) is 5.16 Å². The Morgan fingerprint density at radius 1 is 1.00 bits per heavy atom. The first-order valence-corrected chi connectivity index (χ1v) is 18.1. The van der Waals surface area contributed by atoms with Crippen LogP contribution in [0, 0.1) is 17.3 Å². The fourth-order valence-corrected chi connectivity index (χ4v) is 6.90. The second-order valence-corrected chi connectivity index (χ2v) is 15.6. The van der Waals surface area contributed by atoms with E-state index in [1.54, 1.807) is 38.1 Å². The molecule has 20 heteroatoms. The Labute approximate surface area is 280 Å². The molecule has 0 spiro atoms. The number of hydrogen-bond acceptors (Lipinski definition) is 15. The summed E-state index contributed by atoms with van der Waals surface area (Å²) in [6.45, 7) is 6.89. The third-order valence-electron chi connectivity index (χ3n) is 7.42. The van der Waals surface area contributed by atoms with Crippen LogP contribution in [0.2, 0.25) is 0 Å². The van der Waals surface area contributed by atoms with Crippen molar-refractivity contribution in [2.45, 2.75) is 66.8 Å². The highest BCUT2D eigenvalue weighted by atomic mass is 31.3. The number of carbonyl (C=O) groups excluding carboxylic acids is 2. The molecule has 1 fully saturated rings. The number of rotatable bonds is 16. The maximum atomic E-state index is 13.5. The number of aromatic nitrogens is 3. The Bertz CT molecular complexity index is 1830. The lowest BCUT2D eigenvalue weighted by Gasteiger charge is -2.26. The summed E-state index contributed by atoms with van der Waals surface area (Å²) in [6, 6.07) is 8.20. The Morgan fingerprint density at radius 3 is 2.22 bits per heavy atom. The van der Waals surface area contributed by atoms with Crippen LogP contribution < -0.4 is 11.2 Å². The molecule has 1 aromatic carbocycles. The number of benzene rings is 1. The number of ether oxygens (including phenoxy) is 3. The van der Waals surface area contributed by atoms with Crippen LogP contribution in [0.3, 0.4) is 0 Å². The van der Waals surface area contributed by atoms with E-state index in [0.717, 1.165) is 4.57 Å².